The maximum absolute atomic E-state index is 11.6. The summed E-state index contributed by atoms with van der Waals surface area (Å²) < 4.78 is 0. The first-order valence-electron chi connectivity index (χ1n) is 6.87. The number of nitrogens with two attached hydrogens (primary N) is 1. The molecule has 0 heterocycles. The Bertz CT molecular complexity index is 290. The number of likely N-dealkylation sites (N-methyl/N-ethyl adjacent to an activating group) is 1. The molecule has 0 saturated heterocycles. The van der Waals surface area contributed by atoms with Crippen molar-refractivity contribution in [3.05, 3.63) is 0 Å². The third kappa shape index (κ3) is 2.47. The molecule has 2 aliphatic rings. The summed E-state index contributed by atoms with van der Waals surface area (Å²) in [5, 5.41) is 3.16. The summed E-state index contributed by atoms with van der Waals surface area (Å²) in [6, 6.07) is 1.32. The zero-order valence-electron chi connectivity index (χ0n) is 11.0. The quantitative estimate of drug-likeness (QED) is 0.722. The van der Waals surface area contributed by atoms with Crippen molar-refractivity contribution < 1.29 is 4.79 Å². The van der Waals surface area contributed by atoms with E-state index in [-0.39, 0.29) is 5.91 Å². The van der Waals surface area contributed by atoms with Gasteiger partial charge in [0.1, 0.15) is 0 Å². The van der Waals surface area contributed by atoms with Crippen molar-refractivity contribution in [3.8, 4) is 0 Å². The van der Waals surface area contributed by atoms with E-state index < -0.39 is 5.54 Å². The number of amides is 1. The molecule has 0 aliphatic heterocycles. The highest BCUT2D eigenvalue weighted by Gasteiger charge is 2.46. The molecule has 4 nitrogen and oxygen atoms in total. The van der Waals surface area contributed by atoms with Crippen LogP contribution in [0.5, 0.6) is 0 Å². The predicted octanol–water partition coefficient (Wildman–Crippen LogP) is 0.857. The SMILES string of the molecule is CCCN(C1CC1)C1CCC(NC)(C(N)=O)C1. The van der Waals surface area contributed by atoms with Crippen molar-refractivity contribution in [2.24, 2.45) is 5.73 Å². The van der Waals surface area contributed by atoms with Crippen molar-refractivity contribution in [1.29, 1.82) is 0 Å². The van der Waals surface area contributed by atoms with Gasteiger partial charge in [-0.3, -0.25) is 9.69 Å². The Morgan fingerprint density at radius 3 is 2.53 bits per heavy atom. The number of hydrogen-bond donors (Lipinski definition) is 2. The third-order valence-corrected chi connectivity index (χ3v) is 4.41. The van der Waals surface area contributed by atoms with E-state index in [0.29, 0.717) is 6.04 Å². The molecule has 98 valence electrons. The molecule has 2 atom stereocenters. The fraction of sp³-hybridized carbons (Fsp3) is 0.923. The molecule has 0 spiro atoms. The van der Waals surface area contributed by atoms with Crippen molar-refractivity contribution >= 4 is 5.91 Å². The third-order valence-electron chi connectivity index (χ3n) is 4.41. The number of carbonyl (C=O) groups excluding carboxylic acids is 1. The molecule has 0 aromatic carbocycles. The van der Waals surface area contributed by atoms with Crippen LogP contribution in [0.2, 0.25) is 0 Å². The Morgan fingerprint density at radius 2 is 2.12 bits per heavy atom. The lowest BCUT2D eigenvalue weighted by molar-refractivity contribution is -0.124. The maximum Gasteiger partial charge on any atom is 0.237 e. The highest BCUT2D eigenvalue weighted by Crippen LogP contribution is 2.38. The van der Waals surface area contributed by atoms with Crippen LogP contribution in [-0.4, -0.2) is 42.0 Å². The van der Waals surface area contributed by atoms with Crippen LogP contribution in [0.3, 0.4) is 0 Å². The van der Waals surface area contributed by atoms with Crippen molar-refractivity contribution in [1.82, 2.24) is 10.2 Å². The molecule has 0 aromatic rings. The van der Waals surface area contributed by atoms with Gasteiger partial charge in [-0.05, 0) is 52.1 Å². The second-order valence-electron chi connectivity index (χ2n) is 5.56. The normalized spacial score (nSPS) is 33.2. The average molecular weight is 239 g/mol. The highest BCUT2D eigenvalue weighted by molar-refractivity contribution is 5.85. The molecule has 0 bridgehead atoms. The summed E-state index contributed by atoms with van der Waals surface area (Å²) in [4.78, 5) is 14.2. The van der Waals surface area contributed by atoms with Gasteiger partial charge in [-0.2, -0.15) is 0 Å². The molecule has 4 heteroatoms. The molecule has 1 amide bonds. The summed E-state index contributed by atoms with van der Waals surface area (Å²) in [6.45, 7) is 3.39. The van der Waals surface area contributed by atoms with Crippen molar-refractivity contribution in [3.63, 3.8) is 0 Å². The molecule has 3 N–H and O–H groups in total. The van der Waals surface area contributed by atoms with Crippen LogP contribution in [0.25, 0.3) is 0 Å². The predicted molar refractivity (Wildman–Crippen MR) is 68.6 cm³/mol. The first kappa shape index (κ1) is 12.8. The Labute approximate surface area is 104 Å². The Balaban J connectivity index is 2.01. The Hall–Kier alpha value is -0.610. The van der Waals surface area contributed by atoms with Gasteiger partial charge in [0.25, 0.3) is 0 Å². The van der Waals surface area contributed by atoms with Gasteiger partial charge in [-0.25, -0.2) is 0 Å². The summed E-state index contributed by atoms with van der Waals surface area (Å²) in [7, 11) is 1.86. The number of primary amides is 1. The fourth-order valence-corrected chi connectivity index (χ4v) is 3.20. The molecule has 2 unspecified atom stereocenters. The van der Waals surface area contributed by atoms with Crippen LogP contribution in [0.4, 0.5) is 0 Å². The van der Waals surface area contributed by atoms with E-state index in [9.17, 15) is 4.79 Å². The molecular weight excluding hydrogens is 214 g/mol. The van der Waals surface area contributed by atoms with Crippen LogP contribution < -0.4 is 11.1 Å². The van der Waals surface area contributed by atoms with E-state index in [0.717, 1.165) is 31.8 Å². The molecule has 2 saturated carbocycles. The average Bonchev–Trinajstić information content (AvgIpc) is 3.04. The first-order valence-corrected chi connectivity index (χ1v) is 6.87. The standard InChI is InChI=1S/C13H25N3O/c1-3-8-16(10-4-5-10)11-6-7-13(9-11,15-2)12(14)17/h10-11,15H,3-9H2,1-2H3,(H2,14,17). The van der Waals surface area contributed by atoms with Crippen LogP contribution in [0.1, 0.15) is 45.4 Å². The summed E-state index contributed by atoms with van der Waals surface area (Å²) in [5.41, 5.74) is 5.10. The van der Waals surface area contributed by atoms with Crippen molar-refractivity contribution in [2.45, 2.75) is 63.1 Å². The van der Waals surface area contributed by atoms with Crippen LogP contribution in [0.15, 0.2) is 0 Å². The minimum atomic E-state index is -0.453. The van der Waals surface area contributed by atoms with Crippen LogP contribution in [0, 0.1) is 0 Å². The molecule has 2 rings (SSSR count). The van der Waals surface area contributed by atoms with E-state index in [1.807, 2.05) is 7.05 Å². The van der Waals surface area contributed by atoms with Gasteiger partial charge in [0, 0.05) is 12.1 Å². The van der Waals surface area contributed by atoms with E-state index in [2.05, 4.69) is 17.1 Å². The first-order chi connectivity index (χ1) is 8.13. The minimum Gasteiger partial charge on any atom is -0.368 e. The summed E-state index contributed by atoms with van der Waals surface area (Å²) >= 11 is 0. The van der Waals surface area contributed by atoms with Gasteiger partial charge in [0.05, 0.1) is 5.54 Å². The lowest BCUT2D eigenvalue weighted by atomic mass is 9.96. The van der Waals surface area contributed by atoms with E-state index in [1.165, 1.54) is 19.3 Å². The molecule has 17 heavy (non-hydrogen) atoms. The van der Waals surface area contributed by atoms with E-state index in [1.54, 1.807) is 0 Å². The fourth-order valence-electron chi connectivity index (χ4n) is 3.20. The summed E-state index contributed by atoms with van der Waals surface area (Å²) in [6.07, 6.45) is 6.72. The number of nitrogens with zero attached hydrogens (tertiary/aromatic N) is 1. The molecule has 0 aromatic heterocycles. The maximum atomic E-state index is 11.6. The van der Waals surface area contributed by atoms with Crippen molar-refractivity contribution in [2.75, 3.05) is 13.6 Å². The number of rotatable bonds is 6. The lowest BCUT2D eigenvalue weighted by Gasteiger charge is -2.31. The van der Waals surface area contributed by atoms with Gasteiger partial charge < -0.3 is 11.1 Å². The second-order valence-corrected chi connectivity index (χ2v) is 5.56. The smallest absolute Gasteiger partial charge is 0.237 e. The van der Waals surface area contributed by atoms with Crippen LogP contribution >= 0.6 is 0 Å². The lowest BCUT2D eigenvalue weighted by Crippen LogP contribution is -2.53. The number of carbonyl (C=O) groups is 1. The topological polar surface area (TPSA) is 58.4 Å². The van der Waals surface area contributed by atoms with Gasteiger partial charge in [0.15, 0.2) is 0 Å². The van der Waals surface area contributed by atoms with Crippen LogP contribution in [-0.2, 0) is 4.79 Å². The monoisotopic (exact) mass is 239 g/mol. The minimum absolute atomic E-state index is 0.185. The second kappa shape index (κ2) is 4.94. The molecule has 2 aliphatic carbocycles. The Kier molecular flexibility index (Phi) is 3.73. The number of nitrogens with one attached hydrogen (secondary N) is 1. The molecular formula is C13H25N3O. The zero-order chi connectivity index (χ0) is 12.5. The summed E-state index contributed by atoms with van der Waals surface area (Å²) in [5.74, 6) is -0.185. The van der Waals surface area contributed by atoms with Gasteiger partial charge in [-0.1, -0.05) is 6.92 Å². The number of hydrogen-bond acceptors (Lipinski definition) is 3. The van der Waals surface area contributed by atoms with E-state index in [4.69, 9.17) is 5.73 Å². The zero-order valence-corrected chi connectivity index (χ0v) is 11.0. The molecule has 0 radical (unpaired) electrons. The van der Waals surface area contributed by atoms with Gasteiger partial charge in [0.2, 0.25) is 5.91 Å². The van der Waals surface area contributed by atoms with Gasteiger partial charge in [-0.15, -0.1) is 0 Å². The molecule has 2 fully saturated rings. The Morgan fingerprint density at radius 1 is 1.41 bits per heavy atom. The van der Waals surface area contributed by atoms with Gasteiger partial charge >= 0.3 is 0 Å². The largest absolute Gasteiger partial charge is 0.368 e. The highest BCUT2D eigenvalue weighted by atomic mass is 16.1. The van der Waals surface area contributed by atoms with E-state index >= 15 is 0 Å².